The Balaban J connectivity index is 1.82. The Labute approximate surface area is 125 Å². The molecule has 5 nitrogen and oxygen atoms in total. The first-order valence-corrected chi connectivity index (χ1v) is 7.52. The predicted molar refractivity (Wildman–Crippen MR) is 85.4 cm³/mol. The lowest BCUT2D eigenvalue weighted by molar-refractivity contribution is 0.917. The van der Waals surface area contributed by atoms with Crippen LogP contribution in [0.5, 0.6) is 0 Å². The Hall–Kier alpha value is -2.47. The summed E-state index contributed by atoms with van der Waals surface area (Å²) in [5.41, 5.74) is 1.94. The van der Waals surface area contributed by atoms with Crippen molar-refractivity contribution < 1.29 is 0 Å². The van der Waals surface area contributed by atoms with E-state index in [1.54, 1.807) is 15.9 Å². The standard InChI is InChI=1S/C15H13N5S/c1-9-7-14(20-15(16-9)17-10(2)19-20)18-12-3-4-13-11(8-12)5-6-21-13/h3-8,18H,1-2H3. The molecule has 0 aliphatic carbocycles. The Morgan fingerprint density at radius 2 is 2.00 bits per heavy atom. The van der Waals surface area contributed by atoms with Crippen molar-refractivity contribution in [2.24, 2.45) is 0 Å². The quantitative estimate of drug-likeness (QED) is 0.612. The number of nitrogens with zero attached hydrogens (tertiary/aromatic N) is 4. The molecule has 4 aromatic rings. The van der Waals surface area contributed by atoms with E-state index in [2.05, 4.69) is 50.0 Å². The van der Waals surface area contributed by atoms with E-state index in [9.17, 15) is 0 Å². The zero-order valence-corrected chi connectivity index (χ0v) is 12.5. The van der Waals surface area contributed by atoms with Crippen LogP contribution in [0.4, 0.5) is 11.5 Å². The van der Waals surface area contributed by atoms with Crippen LogP contribution >= 0.6 is 11.3 Å². The highest BCUT2D eigenvalue weighted by molar-refractivity contribution is 7.17. The number of hydrogen-bond acceptors (Lipinski definition) is 5. The van der Waals surface area contributed by atoms with Crippen molar-refractivity contribution in [1.29, 1.82) is 0 Å². The summed E-state index contributed by atoms with van der Waals surface area (Å²) in [6.07, 6.45) is 0. The van der Waals surface area contributed by atoms with E-state index in [1.165, 1.54) is 10.1 Å². The van der Waals surface area contributed by atoms with Crippen LogP contribution in [-0.4, -0.2) is 19.6 Å². The van der Waals surface area contributed by atoms with Gasteiger partial charge in [-0.25, -0.2) is 4.98 Å². The highest BCUT2D eigenvalue weighted by Crippen LogP contribution is 2.26. The fourth-order valence-corrected chi connectivity index (χ4v) is 3.14. The number of thiophene rings is 1. The van der Waals surface area contributed by atoms with Gasteiger partial charge >= 0.3 is 0 Å². The van der Waals surface area contributed by atoms with Gasteiger partial charge in [0.2, 0.25) is 0 Å². The van der Waals surface area contributed by atoms with E-state index >= 15 is 0 Å². The molecule has 0 bridgehead atoms. The number of benzene rings is 1. The third-order valence-corrected chi connectivity index (χ3v) is 4.17. The third kappa shape index (κ3) is 2.13. The molecule has 0 aliphatic rings. The average molecular weight is 295 g/mol. The minimum atomic E-state index is 0.617. The minimum absolute atomic E-state index is 0.617. The summed E-state index contributed by atoms with van der Waals surface area (Å²) in [7, 11) is 0. The van der Waals surface area contributed by atoms with Crippen molar-refractivity contribution in [3.05, 3.63) is 47.2 Å². The van der Waals surface area contributed by atoms with Crippen LogP contribution in [0.1, 0.15) is 11.5 Å². The van der Waals surface area contributed by atoms with Gasteiger partial charge in [-0.3, -0.25) is 0 Å². The third-order valence-electron chi connectivity index (χ3n) is 3.27. The largest absolute Gasteiger partial charge is 0.340 e. The molecule has 4 rings (SSSR count). The topological polar surface area (TPSA) is 55.1 Å². The smallest absolute Gasteiger partial charge is 0.254 e. The molecule has 104 valence electrons. The lowest BCUT2D eigenvalue weighted by Crippen LogP contribution is -2.02. The number of aryl methyl sites for hydroxylation is 2. The number of nitrogens with one attached hydrogen (secondary N) is 1. The number of hydrogen-bond donors (Lipinski definition) is 1. The molecule has 0 spiro atoms. The van der Waals surface area contributed by atoms with E-state index in [0.29, 0.717) is 11.6 Å². The number of rotatable bonds is 2. The molecule has 3 aromatic heterocycles. The molecule has 6 heteroatoms. The van der Waals surface area contributed by atoms with Crippen LogP contribution in [0.2, 0.25) is 0 Å². The lowest BCUT2D eigenvalue weighted by atomic mass is 10.2. The van der Waals surface area contributed by atoms with E-state index in [-0.39, 0.29) is 0 Å². The van der Waals surface area contributed by atoms with Gasteiger partial charge in [0.1, 0.15) is 11.6 Å². The van der Waals surface area contributed by atoms with Crippen LogP contribution in [0, 0.1) is 13.8 Å². The van der Waals surface area contributed by atoms with Gasteiger partial charge in [-0.05, 0) is 48.9 Å². The Morgan fingerprint density at radius 3 is 2.90 bits per heavy atom. The van der Waals surface area contributed by atoms with Crippen molar-refractivity contribution in [3.8, 4) is 0 Å². The second kappa shape index (κ2) is 4.53. The predicted octanol–water partition coefficient (Wildman–Crippen LogP) is 3.70. The van der Waals surface area contributed by atoms with Crippen molar-refractivity contribution in [3.63, 3.8) is 0 Å². The van der Waals surface area contributed by atoms with E-state index < -0.39 is 0 Å². The van der Waals surface area contributed by atoms with Gasteiger partial charge in [0, 0.05) is 22.1 Å². The number of anilines is 2. The fourth-order valence-electron chi connectivity index (χ4n) is 2.37. The molecule has 0 atom stereocenters. The molecular weight excluding hydrogens is 282 g/mol. The molecule has 0 radical (unpaired) electrons. The zero-order valence-electron chi connectivity index (χ0n) is 11.7. The second-order valence-electron chi connectivity index (χ2n) is 4.95. The first-order chi connectivity index (χ1) is 10.2. The average Bonchev–Trinajstić information content (AvgIpc) is 3.03. The van der Waals surface area contributed by atoms with Crippen LogP contribution in [0.15, 0.2) is 35.7 Å². The molecule has 1 N–H and O–H groups in total. The highest BCUT2D eigenvalue weighted by atomic mass is 32.1. The minimum Gasteiger partial charge on any atom is -0.340 e. The molecule has 0 amide bonds. The van der Waals surface area contributed by atoms with Gasteiger partial charge < -0.3 is 5.32 Å². The maximum absolute atomic E-state index is 4.39. The van der Waals surface area contributed by atoms with Crippen LogP contribution in [0.25, 0.3) is 15.9 Å². The zero-order chi connectivity index (χ0) is 14.4. The molecule has 0 saturated carbocycles. The SMILES string of the molecule is Cc1cc(Nc2ccc3sccc3c2)n2nc(C)nc2n1. The van der Waals surface area contributed by atoms with E-state index in [4.69, 9.17) is 0 Å². The Bertz CT molecular complexity index is 953. The molecule has 21 heavy (non-hydrogen) atoms. The summed E-state index contributed by atoms with van der Waals surface area (Å²) < 4.78 is 3.02. The van der Waals surface area contributed by atoms with Gasteiger partial charge in [0.15, 0.2) is 0 Å². The van der Waals surface area contributed by atoms with Crippen LogP contribution < -0.4 is 5.32 Å². The Morgan fingerprint density at radius 1 is 1.10 bits per heavy atom. The lowest BCUT2D eigenvalue weighted by Gasteiger charge is -2.08. The first-order valence-electron chi connectivity index (χ1n) is 6.64. The first kappa shape index (κ1) is 12.3. The summed E-state index contributed by atoms with van der Waals surface area (Å²) in [6, 6.07) is 10.4. The van der Waals surface area contributed by atoms with Crippen molar-refractivity contribution in [2.45, 2.75) is 13.8 Å². The highest BCUT2D eigenvalue weighted by Gasteiger charge is 2.08. The van der Waals surface area contributed by atoms with Gasteiger partial charge in [-0.1, -0.05) is 0 Å². The molecular formula is C15H13N5S. The van der Waals surface area contributed by atoms with Crippen molar-refractivity contribution in [1.82, 2.24) is 19.6 Å². The summed E-state index contributed by atoms with van der Waals surface area (Å²) in [5.74, 6) is 2.20. The van der Waals surface area contributed by atoms with Crippen LogP contribution in [-0.2, 0) is 0 Å². The van der Waals surface area contributed by atoms with Gasteiger partial charge in [0.25, 0.3) is 5.78 Å². The maximum Gasteiger partial charge on any atom is 0.254 e. The maximum atomic E-state index is 4.39. The summed E-state index contributed by atoms with van der Waals surface area (Å²) in [4.78, 5) is 8.71. The van der Waals surface area contributed by atoms with Gasteiger partial charge in [0.05, 0.1) is 0 Å². The van der Waals surface area contributed by atoms with Crippen LogP contribution in [0.3, 0.4) is 0 Å². The normalized spacial score (nSPS) is 11.3. The van der Waals surface area contributed by atoms with Gasteiger partial charge in [-0.15, -0.1) is 16.4 Å². The molecule has 0 unspecified atom stereocenters. The summed E-state index contributed by atoms with van der Waals surface area (Å²) in [6.45, 7) is 3.82. The van der Waals surface area contributed by atoms with E-state index in [0.717, 1.165) is 17.2 Å². The van der Waals surface area contributed by atoms with E-state index in [1.807, 2.05) is 19.9 Å². The van der Waals surface area contributed by atoms with Crippen molar-refractivity contribution in [2.75, 3.05) is 5.32 Å². The molecule has 0 aliphatic heterocycles. The Kier molecular flexibility index (Phi) is 2.65. The number of aromatic nitrogens is 4. The fraction of sp³-hybridized carbons (Fsp3) is 0.133. The number of fused-ring (bicyclic) bond motifs is 2. The monoisotopic (exact) mass is 295 g/mol. The van der Waals surface area contributed by atoms with Gasteiger partial charge in [-0.2, -0.15) is 9.50 Å². The molecule has 0 fully saturated rings. The molecule has 1 aromatic carbocycles. The second-order valence-corrected chi connectivity index (χ2v) is 5.90. The summed E-state index contributed by atoms with van der Waals surface area (Å²) in [5, 5.41) is 11.1. The molecule has 3 heterocycles. The summed E-state index contributed by atoms with van der Waals surface area (Å²) >= 11 is 1.75. The van der Waals surface area contributed by atoms with Crippen molar-refractivity contribution >= 4 is 38.7 Å². The molecule has 0 saturated heterocycles.